The third kappa shape index (κ3) is 6.53. The first kappa shape index (κ1) is 16.5. The van der Waals surface area contributed by atoms with Gasteiger partial charge in [-0.15, -0.1) is 0 Å². The predicted octanol–water partition coefficient (Wildman–Crippen LogP) is 1.60. The first-order valence-corrected chi connectivity index (χ1v) is 6.12. The van der Waals surface area contributed by atoms with Gasteiger partial charge in [-0.3, -0.25) is 10.2 Å². The van der Waals surface area contributed by atoms with E-state index < -0.39 is 12.6 Å². The van der Waals surface area contributed by atoms with Gasteiger partial charge in [0.15, 0.2) is 0 Å². The molecule has 0 saturated heterocycles. The number of alkyl halides is 3. The summed E-state index contributed by atoms with van der Waals surface area (Å²) in [5.41, 5.74) is 3.73. The van der Waals surface area contributed by atoms with Crippen molar-refractivity contribution in [3.8, 4) is 0 Å². The van der Waals surface area contributed by atoms with Crippen LogP contribution >= 0.6 is 0 Å². The third-order valence-corrected chi connectivity index (χ3v) is 2.78. The second kappa shape index (κ2) is 7.25. The summed E-state index contributed by atoms with van der Waals surface area (Å²) >= 11 is 0. The number of halogens is 3. The average molecular weight is 289 g/mol. The molecule has 7 heteroatoms. The lowest BCUT2D eigenvalue weighted by atomic mass is 10.1. The van der Waals surface area contributed by atoms with Crippen LogP contribution in [0.15, 0.2) is 24.3 Å². The molecule has 0 radical (unpaired) electrons. The van der Waals surface area contributed by atoms with Crippen molar-refractivity contribution in [2.24, 2.45) is 5.84 Å². The summed E-state index contributed by atoms with van der Waals surface area (Å²) in [7, 11) is 1.64. The lowest BCUT2D eigenvalue weighted by molar-refractivity contribution is -0.137. The third-order valence-electron chi connectivity index (χ3n) is 2.78. The first-order chi connectivity index (χ1) is 9.30. The Balaban J connectivity index is 2.46. The van der Waals surface area contributed by atoms with Crippen LogP contribution in [0.3, 0.4) is 0 Å². The van der Waals surface area contributed by atoms with Crippen molar-refractivity contribution in [1.29, 1.82) is 0 Å². The second-order valence-corrected chi connectivity index (χ2v) is 4.66. The number of carbonyl (C=O) groups excluding carboxylic acids is 1. The number of amides is 1. The van der Waals surface area contributed by atoms with E-state index >= 15 is 0 Å². The summed E-state index contributed by atoms with van der Waals surface area (Å²) in [6.07, 6.45) is -4.77. The van der Waals surface area contributed by atoms with Crippen LogP contribution in [0.2, 0.25) is 0 Å². The van der Waals surface area contributed by atoms with Crippen LogP contribution in [-0.2, 0) is 17.8 Å². The molecule has 0 saturated carbocycles. The van der Waals surface area contributed by atoms with Gasteiger partial charge in [0.1, 0.15) is 0 Å². The van der Waals surface area contributed by atoms with E-state index in [0.717, 1.165) is 11.1 Å². The molecule has 0 spiro atoms. The zero-order valence-corrected chi connectivity index (χ0v) is 11.2. The maximum absolute atomic E-state index is 12.1. The smallest absolute Gasteiger partial charge is 0.302 e. The standard InChI is InChI=1S/C13H18F3N3O/c1-19(7-6-13(14,15)16)9-11-4-2-10(3-5-11)8-12(20)18-17/h2-5H,6-9,17H2,1H3,(H,18,20). The fourth-order valence-corrected chi connectivity index (χ4v) is 1.71. The number of nitrogens with two attached hydrogens (primary N) is 1. The zero-order chi connectivity index (χ0) is 15.2. The van der Waals surface area contributed by atoms with Crippen LogP contribution in [0, 0.1) is 0 Å². The summed E-state index contributed by atoms with van der Waals surface area (Å²) < 4.78 is 36.3. The molecule has 0 aliphatic carbocycles. The minimum atomic E-state index is -4.13. The largest absolute Gasteiger partial charge is 0.390 e. The number of hydrogen-bond acceptors (Lipinski definition) is 3. The molecular weight excluding hydrogens is 271 g/mol. The van der Waals surface area contributed by atoms with E-state index in [0.29, 0.717) is 6.54 Å². The lowest BCUT2D eigenvalue weighted by Gasteiger charge is -2.17. The van der Waals surface area contributed by atoms with Crippen molar-refractivity contribution in [3.63, 3.8) is 0 Å². The number of nitrogens with zero attached hydrogens (tertiary/aromatic N) is 1. The highest BCUT2D eigenvalue weighted by Crippen LogP contribution is 2.19. The van der Waals surface area contributed by atoms with E-state index in [-0.39, 0.29) is 18.9 Å². The van der Waals surface area contributed by atoms with Crippen molar-refractivity contribution in [3.05, 3.63) is 35.4 Å². The molecular formula is C13H18F3N3O. The Bertz CT molecular complexity index is 431. The Labute approximate surface area is 115 Å². The normalized spacial score (nSPS) is 11.7. The highest BCUT2D eigenvalue weighted by Gasteiger charge is 2.26. The topological polar surface area (TPSA) is 58.4 Å². The van der Waals surface area contributed by atoms with Gasteiger partial charge in [0.2, 0.25) is 5.91 Å². The molecule has 0 bridgehead atoms. The Hall–Kier alpha value is -1.60. The Kier molecular flexibility index (Phi) is 5.97. The summed E-state index contributed by atoms with van der Waals surface area (Å²) in [5, 5.41) is 0. The summed E-state index contributed by atoms with van der Waals surface area (Å²) in [5.74, 6) is 4.69. The van der Waals surface area contributed by atoms with Gasteiger partial charge in [0.05, 0.1) is 12.8 Å². The van der Waals surface area contributed by atoms with E-state index in [1.165, 1.54) is 0 Å². The van der Waals surface area contributed by atoms with Crippen LogP contribution in [-0.4, -0.2) is 30.6 Å². The molecule has 1 aromatic carbocycles. The number of benzene rings is 1. The second-order valence-electron chi connectivity index (χ2n) is 4.66. The fourth-order valence-electron chi connectivity index (χ4n) is 1.71. The van der Waals surface area contributed by atoms with Gasteiger partial charge in [-0.2, -0.15) is 13.2 Å². The van der Waals surface area contributed by atoms with E-state index in [1.54, 1.807) is 36.2 Å². The molecule has 0 fully saturated rings. The molecule has 112 valence electrons. The summed E-state index contributed by atoms with van der Waals surface area (Å²) in [6.45, 7) is 0.389. The molecule has 1 aromatic rings. The quantitative estimate of drug-likeness (QED) is 0.475. The highest BCUT2D eigenvalue weighted by atomic mass is 19.4. The van der Waals surface area contributed by atoms with Crippen LogP contribution in [0.1, 0.15) is 17.5 Å². The van der Waals surface area contributed by atoms with Crippen molar-refractivity contribution >= 4 is 5.91 Å². The monoisotopic (exact) mass is 289 g/mol. The Morgan fingerprint density at radius 1 is 1.25 bits per heavy atom. The van der Waals surface area contributed by atoms with E-state index in [2.05, 4.69) is 0 Å². The number of nitrogens with one attached hydrogen (secondary N) is 1. The van der Waals surface area contributed by atoms with Crippen LogP contribution in [0.25, 0.3) is 0 Å². The summed E-state index contributed by atoms with van der Waals surface area (Å²) in [6, 6.07) is 7.12. The number of hydrogen-bond donors (Lipinski definition) is 2. The molecule has 20 heavy (non-hydrogen) atoms. The van der Waals surface area contributed by atoms with Crippen LogP contribution in [0.4, 0.5) is 13.2 Å². The van der Waals surface area contributed by atoms with Gasteiger partial charge < -0.3 is 4.90 Å². The zero-order valence-electron chi connectivity index (χ0n) is 11.2. The van der Waals surface area contributed by atoms with Crippen molar-refractivity contribution < 1.29 is 18.0 Å². The van der Waals surface area contributed by atoms with Crippen molar-refractivity contribution in [1.82, 2.24) is 10.3 Å². The minimum absolute atomic E-state index is 0.0408. The van der Waals surface area contributed by atoms with Gasteiger partial charge in [-0.1, -0.05) is 24.3 Å². The maximum atomic E-state index is 12.1. The molecule has 3 N–H and O–H groups in total. The number of hydrazine groups is 1. The van der Waals surface area contributed by atoms with Gasteiger partial charge in [-0.05, 0) is 18.2 Å². The Morgan fingerprint density at radius 3 is 2.30 bits per heavy atom. The SMILES string of the molecule is CN(CCC(F)(F)F)Cc1ccc(CC(=O)NN)cc1. The fraction of sp³-hybridized carbons (Fsp3) is 0.462. The van der Waals surface area contributed by atoms with Gasteiger partial charge in [0, 0.05) is 13.1 Å². The van der Waals surface area contributed by atoms with Crippen LogP contribution < -0.4 is 11.3 Å². The predicted molar refractivity (Wildman–Crippen MR) is 69.5 cm³/mol. The van der Waals surface area contributed by atoms with E-state index in [4.69, 9.17) is 5.84 Å². The minimum Gasteiger partial charge on any atom is -0.302 e. The highest BCUT2D eigenvalue weighted by molar-refractivity contribution is 5.77. The first-order valence-electron chi connectivity index (χ1n) is 6.12. The number of rotatable bonds is 6. The van der Waals surface area contributed by atoms with E-state index in [1.807, 2.05) is 5.43 Å². The molecule has 0 aliphatic heterocycles. The molecule has 1 amide bonds. The van der Waals surface area contributed by atoms with Crippen molar-refractivity contribution in [2.45, 2.75) is 25.6 Å². The summed E-state index contributed by atoms with van der Waals surface area (Å²) in [4.78, 5) is 12.7. The number of carbonyl (C=O) groups is 1. The van der Waals surface area contributed by atoms with Gasteiger partial charge in [0.25, 0.3) is 0 Å². The molecule has 0 heterocycles. The molecule has 0 aliphatic rings. The Morgan fingerprint density at radius 2 is 1.80 bits per heavy atom. The average Bonchev–Trinajstić information content (AvgIpc) is 2.38. The molecule has 4 nitrogen and oxygen atoms in total. The van der Waals surface area contributed by atoms with Gasteiger partial charge >= 0.3 is 6.18 Å². The molecule has 0 unspecified atom stereocenters. The van der Waals surface area contributed by atoms with E-state index in [9.17, 15) is 18.0 Å². The molecule has 0 atom stereocenters. The molecule has 1 rings (SSSR count). The van der Waals surface area contributed by atoms with Crippen LogP contribution in [0.5, 0.6) is 0 Å². The molecule has 0 aromatic heterocycles. The maximum Gasteiger partial charge on any atom is 0.390 e. The van der Waals surface area contributed by atoms with Gasteiger partial charge in [-0.25, -0.2) is 5.84 Å². The lowest BCUT2D eigenvalue weighted by Crippen LogP contribution is -2.31. The van der Waals surface area contributed by atoms with Crippen molar-refractivity contribution in [2.75, 3.05) is 13.6 Å².